The van der Waals surface area contributed by atoms with Crippen molar-refractivity contribution in [2.24, 2.45) is 0 Å². The van der Waals surface area contributed by atoms with Gasteiger partial charge in [0.25, 0.3) is 0 Å². The molecule has 0 aliphatic heterocycles. The number of aryl methyl sites for hydroxylation is 1. The Labute approximate surface area is 155 Å². The predicted molar refractivity (Wildman–Crippen MR) is 112 cm³/mol. The highest BCUT2D eigenvalue weighted by atomic mass is 14.1. The van der Waals surface area contributed by atoms with Crippen LogP contribution in [0.1, 0.15) is 22.6 Å². The highest BCUT2D eigenvalue weighted by Crippen LogP contribution is 2.30. The molecule has 0 aromatic heterocycles. The van der Waals surface area contributed by atoms with E-state index < -0.39 is 0 Å². The molecular formula is C26H22. The zero-order valence-electron chi connectivity index (χ0n) is 15.0. The van der Waals surface area contributed by atoms with Crippen molar-refractivity contribution in [2.45, 2.75) is 12.8 Å². The smallest absolute Gasteiger partial charge is 0.0210 e. The molecule has 0 fully saturated rings. The molecular weight excluding hydrogens is 312 g/mol. The lowest BCUT2D eigenvalue weighted by Gasteiger charge is -2.11. The maximum absolute atomic E-state index is 2.35. The van der Waals surface area contributed by atoms with Crippen LogP contribution in [-0.4, -0.2) is 0 Å². The van der Waals surface area contributed by atoms with E-state index in [-0.39, 0.29) is 0 Å². The van der Waals surface area contributed by atoms with Crippen LogP contribution in [0.25, 0.3) is 16.7 Å². The maximum atomic E-state index is 2.35. The van der Waals surface area contributed by atoms with E-state index in [1.807, 2.05) is 0 Å². The summed E-state index contributed by atoms with van der Waals surface area (Å²) in [7, 11) is 0. The first-order chi connectivity index (χ1) is 12.8. The Balaban J connectivity index is 1.72. The molecule has 3 aromatic carbocycles. The summed E-state index contributed by atoms with van der Waals surface area (Å²) in [5.74, 6) is 0.295. The second-order valence-electron chi connectivity index (χ2n) is 6.75. The minimum absolute atomic E-state index is 0.295. The van der Waals surface area contributed by atoms with Crippen molar-refractivity contribution < 1.29 is 0 Å². The lowest BCUT2D eigenvalue weighted by molar-refractivity contribution is 1.09. The predicted octanol–water partition coefficient (Wildman–Crippen LogP) is 6.96. The van der Waals surface area contributed by atoms with Crippen molar-refractivity contribution in [3.05, 3.63) is 126 Å². The van der Waals surface area contributed by atoms with Crippen molar-refractivity contribution in [1.82, 2.24) is 0 Å². The average Bonchev–Trinajstić information content (AvgIpc) is 2.95. The molecule has 0 radical (unpaired) electrons. The number of hydrogen-bond acceptors (Lipinski definition) is 0. The summed E-state index contributed by atoms with van der Waals surface area (Å²) in [6.45, 7) is 2.14. The van der Waals surface area contributed by atoms with Gasteiger partial charge in [-0.2, -0.15) is 0 Å². The van der Waals surface area contributed by atoms with Crippen LogP contribution in [0, 0.1) is 6.92 Å². The van der Waals surface area contributed by atoms with Crippen molar-refractivity contribution >= 4 is 5.57 Å². The Kier molecular flexibility index (Phi) is 4.66. The molecule has 0 amide bonds. The zero-order chi connectivity index (χ0) is 17.8. The van der Waals surface area contributed by atoms with Crippen LogP contribution in [0.4, 0.5) is 0 Å². The van der Waals surface area contributed by atoms with E-state index in [2.05, 4.69) is 116 Å². The summed E-state index contributed by atoms with van der Waals surface area (Å²) >= 11 is 0. The molecule has 26 heavy (non-hydrogen) atoms. The lowest BCUT2D eigenvalue weighted by Crippen LogP contribution is -1.92. The second kappa shape index (κ2) is 7.41. The first-order valence-electron chi connectivity index (χ1n) is 9.09. The molecule has 1 unspecified atom stereocenters. The van der Waals surface area contributed by atoms with Crippen LogP contribution in [0.5, 0.6) is 0 Å². The fourth-order valence-electron chi connectivity index (χ4n) is 3.43. The van der Waals surface area contributed by atoms with Gasteiger partial charge < -0.3 is 0 Å². The van der Waals surface area contributed by atoms with E-state index in [1.54, 1.807) is 0 Å². The normalized spacial score (nSPS) is 16.2. The largest absolute Gasteiger partial charge is 0.0732 e. The minimum atomic E-state index is 0.295. The van der Waals surface area contributed by atoms with Gasteiger partial charge in [0.05, 0.1) is 0 Å². The number of allylic oxidation sites excluding steroid dienone is 6. The van der Waals surface area contributed by atoms with Gasteiger partial charge in [-0.15, -0.1) is 0 Å². The van der Waals surface area contributed by atoms with E-state index in [0.717, 1.165) is 0 Å². The molecule has 0 nitrogen and oxygen atoms in total. The zero-order valence-corrected chi connectivity index (χ0v) is 15.0. The van der Waals surface area contributed by atoms with E-state index in [4.69, 9.17) is 0 Å². The molecule has 1 atom stereocenters. The minimum Gasteiger partial charge on any atom is -0.0732 e. The average molecular weight is 334 g/mol. The van der Waals surface area contributed by atoms with Crippen molar-refractivity contribution in [3.8, 4) is 11.1 Å². The molecule has 0 heteroatoms. The summed E-state index contributed by atoms with van der Waals surface area (Å²) in [6.07, 6.45) is 11.1. The Hall–Kier alpha value is -3.12. The third-order valence-electron chi connectivity index (χ3n) is 4.80. The van der Waals surface area contributed by atoms with E-state index in [1.165, 1.54) is 33.4 Å². The molecule has 126 valence electrons. The van der Waals surface area contributed by atoms with Crippen molar-refractivity contribution in [1.29, 1.82) is 0 Å². The Morgan fingerprint density at radius 3 is 2.19 bits per heavy atom. The monoisotopic (exact) mass is 334 g/mol. The molecule has 0 spiro atoms. The maximum Gasteiger partial charge on any atom is 0.0210 e. The standard InChI is InChI=1S/C26H22/c1-20-9-7-14-22(17-20)25-15-8-16-26(19-25)24-13-6-5-12-23(18-24)21-10-3-2-4-11-21/h2-19,23H,1H3. The van der Waals surface area contributed by atoms with Gasteiger partial charge in [-0.1, -0.05) is 109 Å². The van der Waals surface area contributed by atoms with Crippen LogP contribution < -0.4 is 0 Å². The highest BCUT2D eigenvalue weighted by molar-refractivity contribution is 5.79. The first-order valence-corrected chi connectivity index (χ1v) is 9.09. The summed E-state index contributed by atoms with van der Waals surface area (Å²) in [6, 6.07) is 28.2. The Morgan fingerprint density at radius 2 is 1.38 bits per heavy atom. The molecule has 0 saturated carbocycles. The van der Waals surface area contributed by atoms with Gasteiger partial charge in [-0.25, -0.2) is 0 Å². The summed E-state index contributed by atoms with van der Waals surface area (Å²) < 4.78 is 0. The summed E-state index contributed by atoms with van der Waals surface area (Å²) in [5, 5.41) is 0. The molecule has 1 aliphatic carbocycles. The third-order valence-corrected chi connectivity index (χ3v) is 4.80. The fraction of sp³-hybridized carbons (Fsp3) is 0.0769. The number of rotatable bonds is 3. The van der Waals surface area contributed by atoms with E-state index in [9.17, 15) is 0 Å². The Bertz CT molecular complexity index is 987. The first kappa shape index (κ1) is 16.4. The molecule has 4 rings (SSSR count). The second-order valence-corrected chi connectivity index (χ2v) is 6.75. The van der Waals surface area contributed by atoms with Gasteiger partial charge in [0.2, 0.25) is 0 Å². The molecule has 0 saturated heterocycles. The fourth-order valence-corrected chi connectivity index (χ4v) is 3.43. The highest BCUT2D eigenvalue weighted by Gasteiger charge is 2.09. The Morgan fingerprint density at radius 1 is 0.654 bits per heavy atom. The van der Waals surface area contributed by atoms with Gasteiger partial charge in [0.1, 0.15) is 0 Å². The van der Waals surface area contributed by atoms with Crippen molar-refractivity contribution in [3.63, 3.8) is 0 Å². The summed E-state index contributed by atoms with van der Waals surface area (Å²) in [4.78, 5) is 0. The van der Waals surface area contributed by atoms with Crippen LogP contribution in [0.2, 0.25) is 0 Å². The van der Waals surface area contributed by atoms with E-state index >= 15 is 0 Å². The quantitative estimate of drug-likeness (QED) is 0.486. The van der Waals surface area contributed by atoms with Crippen LogP contribution in [0.3, 0.4) is 0 Å². The summed E-state index contributed by atoms with van der Waals surface area (Å²) in [5.41, 5.74) is 7.65. The SMILES string of the molecule is Cc1cccc(-c2cccc(C3=CC(c4ccccc4)C=CC=C3)c2)c1. The topological polar surface area (TPSA) is 0 Å². The van der Waals surface area contributed by atoms with Crippen LogP contribution in [0.15, 0.2) is 109 Å². The molecule has 0 heterocycles. The molecule has 0 bridgehead atoms. The van der Waals surface area contributed by atoms with E-state index in [0.29, 0.717) is 5.92 Å². The van der Waals surface area contributed by atoms with Gasteiger partial charge in [0.15, 0.2) is 0 Å². The van der Waals surface area contributed by atoms with Gasteiger partial charge in [-0.05, 0) is 40.8 Å². The van der Waals surface area contributed by atoms with Crippen LogP contribution >= 0.6 is 0 Å². The number of hydrogen-bond donors (Lipinski definition) is 0. The number of benzene rings is 3. The lowest BCUT2D eigenvalue weighted by atomic mass is 9.93. The molecule has 1 aliphatic rings. The molecule has 3 aromatic rings. The van der Waals surface area contributed by atoms with Gasteiger partial charge in [-0.3, -0.25) is 0 Å². The third kappa shape index (κ3) is 3.60. The van der Waals surface area contributed by atoms with Gasteiger partial charge in [0, 0.05) is 5.92 Å². The van der Waals surface area contributed by atoms with Crippen LogP contribution in [-0.2, 0) is 0 Å². The van der Waals surface area contributed by atoms with Gasteiger partial charge >= 0.3 is 0 Å². The molecule has 0 N–H and O–H groups in total. The van der Waals surface area contributed by atoms with Crippen molar-refractivity contribution in [2.75, 3.05) is 0 Å².